The molecule has 0 saturated heterocycles. The highest BCUT2D eigenvalue weighted by Crippen LogP contribution is 2.26. The zero-order valence-electron chi connectivity index (χ0n) is 10.0. The van der Waals surface area contributed by atoms with Gasteiger partial charge in [0.05, 0.1) is 11.4 Å². The quantitative estimate of drug-likeness (QED) is 0.857. The number of hydrogen-bond donors (Lipinski definition) is 1. The second kappa shape index (κ2) is 5.27. The summed E-state index contributed by atoms with van der Waals surface area (Å²) in [4.78, 5) is 1.87. The van der Waals surface area contributed by atoms with E-state index in [0.717, 1.165) is 5.56 Å². The van der Waals surface area contributed by atoms with E-state index in [1.54, 1.807) is 6.07 Å². The first-order valence-corrected chi connectivity index (χ1v) is 5.95. The van der Waals surface area contributed by atoms with Crippen LogP contribution in [0.3, 0.4) is 0 Å². The molecule has 0 bridgehead atoms. The molecule has 2 aromatic carbocycles. The van der Waals surface area contributed by atoms with Gasteiger partial charge in [0, 0.05) is 18.6 Å². The summed E-state index contributed by atoms with van der Waals surface area (Å²) in [5.74, 6) is -0.301. The first kappa shape index (κ1) is 12.7. The molecule has 0 aliphatic carbocycles. The van der Waals surface area contributed by atoms with Crippen LogP contribution in [0.2, 0.25) is 5.02 Å². The fourth-order valence-corrected chi connectivity index (χ4v) is 2.01. The third kappa shape index (κ3) is 2.74. The van der Waals surface area contributed by atoms with Crippen LogP contribution in [0.15, 0.2) is 42.5 Å². The Morgan fingerprint density at radius 1 is 1.22 bits per heavy atom. The minimum atomic E-state index is -0.301. The Bertz CT molecular complexity index is 557. The normalized spacial score (nSPS) is 10.4. The number of hydrogen-bond acceptors (Lipinski definition) is 2. The lowest BCUT2D eigenvalue weighted by molar-refractivity contribution is 0.627. The second-order valence-electron chi connectivity index (χ2n) is 4.15. The molecule has 2 N–H and O–H groups in total. The molecule has 0 aliphatic rings. The third-order valence-electron chi connectivity index (χ3n) is 2.77. The van der Waals surface area contributed by atoms with Crippen LogP contribution in [0.5, 0.6) is 0 Å². The third-order valence-corrected chi connectivity index (χ3v) is 3.14. The van der Waals surface area contributed by atoms with Gasteiger partial charge in [0.25, 0.3) is 0 Å². The minimum absolute atomic E-state index is 0.301. The standard InChI is InChI=1S/C14H14ClFN2/c1-18(9-10-4-2-3-5-12(10)15)14-8-11(16)6-7-13(14)17/h2-8H,9,17H2,1H3. The summed E-state index contributed by atoms with van der Waals surface area (Å²) in [5.41, 5.74) is 8.03. The molecule has 0 aromatic heterocycles. The lowest BCUT2D eigenvalue weighted by atomic mass is 10.2. The van der Waals surface area contributed by atoms with E-state index in [2.05, 4.69) is 0 Å². The molecule has 2 nitrogen and oxygen atoms in total. The lowest BCUT2D eigenvalue weighted by Crippen LogP contribution is -2.18. The number of nitrogens with zero attached hydrogens (tertiary/aromatic N) is 1. The molecule has 0 atom stereocenters. The fraction of sp³-hybridized carbons (Fsp3) is 0.143. The van der Waals surface area contributed by atoms with E-state index >= 15 is 0 Å². The van der Waals surface area contributed by atoms with Gasteiger partial charge in [-0.25, -0.2) is 4.39 Å². The lowest BCUT2D eigenvalue weighted by Gasteiger charge is -2.21. The number of rotatable bonds is 3. The maximum atomic E-state index is 13.2. The van der Waals surface area contributed by atoms with Gasteiger partial charge in [0.15, 0.2) is 0 Å². The van der Waals surface area contributed by atoms with E-state index in [1.165, 1.54) is 12.1 Å². The van der Waals surface area contributed by atoms with Crippen molar-refractivity contribution in [1.29, 1.82) is 0 Å². The molecule has 0 saturated carbocycles. The van der Waals surface area contributed by atoms with Crippen LogP contribution in [0.1, 0.15) is 5.56 Å². The Morgan fingerprint density at radius 3 is 2.67 bits per heavy atom. The average Bonchev–Trinajstić information content (AvgIpc) is 2.35. The molecule has 94 valence electrons. The summed E-state index contributed by atoms with van der Waals surface area (Å²) in [6.45, 7) is 0.577. The Kier molecular flexibility index (Phi) is 3.72. The molecular weight excluding hydrogens is 251 g/mol. The summed E-state index contributed by atoms with van der Waals surface area (Å²) >= 11 is 6.09. The van der Waals surface area contributed by atoms with Crippen molar-refractivity contribution in [3.05, 3.63) is 58.9 Å². The van der Waals surface area contributed by atoms with E-state index in [-0.39, 0.29) is 5.82 Å². The Hall–Kier alpha value is -1.74. The number of anilines is 2. The van der Waals surface area contributed by atoms with Crippen molar-refractivity contribution >= 4 is 23.0 Å². The number of nitrogens with two attached hydrogens (primary N) is 1. The molecule has 2 rings (SSSR count). The maximum Gasteiger partial charge on any atom is 0.125 e. The first-order chi connectivity index (χ1) is 8.58. The summed E-state index contributed by atoms with van der Waals surface area (Å²) in [7, 11) is 1.86. The van der Waals surface area contributed by atoms with Crippen molar-refractivity contribution in [2.24, 2.45) is 0 Å². The van der Waals surface area contributed by atoms with Gasteiger partial charge in [-0.2, -0.15) is 0 Å². The molecule has 0 amide bonds. The topological polar surface area (TPSA) is 29.3 Å². The van der Waals surface area contributed by atoms with Crippen LogP contribution in [-0.2, 0) is 6.54 Å². The highest BCUT2D eigenvalue weighted by molar-refractivity contribution is 6.31. The van der Waals surface area contributed by atoms with Gasteiger partial charge >= 0.3 is 0 Å². The monoisotopic (exact) mass is 264 g/mol. The predicted octanol–water partition coefficient (Wildman–Crippen LogP) is 3.70. The van der Waals surface area contributed by atoms with Crippen LogP contribution >= 0.6 is 11.6 Å². The van der Waals surface area contributed by atoms with Crippen LogP contribution in [-0.4, -0.2) is 7.05 Å². The molecule has 0 heterocycles. The molecule has 4 heteroatoms. The first-order valence-electron chi connectivity index (χ1n) is 5.57. The highest BCUT2D eigenvalue weighted by Gasteiger charge is 2.09. The van der Waals surface area contributed by atoms with E-state index in [9.17, 15) is 4.39 Å². The molecular formula is C14H14ClFN2. The van der Waals surface area contributed by atoms with E-state index in [4.69, 9.17) is 17.3 Å². The molecule has 0 fully saturated rings. The summed E-state index contributed by atoms with van der Waals surface area (Å²) < 4.78 is 13.2. The highest BCUT2D eigenvalue weighted by atomic mass is 35.5. The SMILES string of the molecule is CN(Cc1ccccc1Cl)c1cc(F)ccc1N. The van der Waals surface area contributed by atoms with Gasteiger partial charge in [-0.3, -0.25) is 0 Å². The number of nitrogen functional groups attached to an aromatic ring is 1. The van der Waals surface area contributed by atoms with E-state index in [1.807, 2.05) is 36.2 Å². The van der Waals surface area contributed by atoms with Crippen LogP contribution < -0.4 is 10.6 Å². The Balaban J connectivity index is 2.25. The van der Waals surface area contributed by atoms with Crippen molar-refractivity contribution in [3.63, 3.8) is 0 Å². The number of benzene rings is 2. The van der Waals surface area contributed by atoms with Gasteiger partial charge in [0.2, 0.25) is 0 Å². The molecule has 0 unspecified atom stereocenters. The summed E-state index contributed by atoms with van der Waals surface area (Å²) in [5, 5.41) is 0.694. The van der Waals surface area contributed by atoms with Crippen molar-refractivity contribution in [2.75, 3.05) is 17.7 Å². The molecule has 0 spiro atoms. The Morgan fingerprint density at radius 2 is 1.94 bits per heavy atom. The average molecular weight is 265 g/mol. The van der Waals surface area contributed by atoms with Gasteiger partial charge < -0.3 is 10.6 Å². The van der Waals surface area contributed by atoms with Gasteiger partial charge in [-0.1, -0.05) is 29.8 Å². The second-order valence-corrected chi connectivity index (χ2v) is 4.56. The zero-order chi connectivity index (χ0) is 13.1. The van der Waals surface area contributed by atoms with E-state index < -0.39 is 0 Å². The van der Waals surface area contributed by atoms with Crippen molar-refractivity contribution in [3.8, 4) is 0 Å². The Labute approximate surface area is 111 Å². The van der Waals surface area contributed by atoms with E-state index in [0.29, 0.717) is 22.9 Å². The smallest absolute Gasteiger partial charge is 0.125 e. The summed E-state index contributed by atoms with van der Waals surface area (Å²) in [6, 6.07) is 11.9. The van der Waals surface area contributed by atoms with Crippen molar-refractivity contribution in [1.82, 2.24) is 0 Å². The summed E-state index contributed by atoms with van der Waals surface area (Å²) in [6.07, 6.45) is 0. The van der Waals surface area contributed by atoms with Crippen LogP contribution in [0.25, 0.3) is 0 Å². The van der Waals surface area contributed by atoms with Crippen LogP contribution in [0, 0.1) is 5.82 Å². The molecule has 0 radical (unpaired) electrons. The fourth-order valence-electron chi connectivity index (χ4n) is 1.81. The zero-order valence-corrected chi connectivity index (χ0v) is 10.8. The van der Waals surface area contributed by atoms with Crippen LogP contribution in [0.4, 0.5) is 15.8 Å². The largest absolute Gasteiger partial charge is 0.397 e. The van der Waals surface area contributed by atoms with Gasteiger partial charge in [-0.05, 0) is 29.8 Å². The van der Waals surface area contributed by atoms with Crippen molar-refractivity contribution < 1.29 is 4.39 Å². The molecule has 2 aromatic rings. The van der Waals surface area contributed by atoms with Crippen molar-refractivity contribution in [2.45, 2.75) is 6.54 Å². The van der Waals surface area contributed by atoms with Gasteiger partial charge in [0.1, 0.15) is 5.82 Å². The molecule has 0 aliphatic heterocycles. The molecule has 18 heavy (non-hydrogen) atoms. The van der Waals surface area contributed by atoms with Gasteiger partial charge in [-0.15, -0.1) is 0 Å². The minimum Gasteiger partial charge on any atom is -0.397 e. The predicted molar refractivity (Wildman–Crippen MR) is 74.4 cm³/mol. The maximum absolute atomic E-state index is 13.2. The number of halogens is 2.